The van der Waals surface area contributed by atoms with Gasteiger partial charge in [0, 0.05) is 4.88 Å². The summed E-state index contributed by atoms with van der Waals surface area (Å²) in [5.41, 5.74) is 5.65. The molecule has 1 aromatic heterocycles. The first kappa shape index (κ1) is 16.8. The van der Waals surface area contributed by atoms with Crippen LogP contribution in [0.25, 0.3) is 0 Å². The molecule has 0 aliphatic rings. The number of aryl methyl sites for hydroxylation is 1. The van der Waals surface area contributed by atoms with Crippen molar-refractivity contribution in [1.29, 1.82) is 0 Å². The SMILES string of the molecule is CCc1cc(C(N)=O)c(NC(=O)COc2ccccc2OC)s1. The van der Waals surface area contributed by atoms with E-state index in [-0.39, 0.29) is 12.5 Å². The number of rotatable bonds is 7. The van der Waals surface area contributed by atoms with Crippen molar-refractivity contribution in [3.05, 3.63) is 40.8 Å². The zero-order valence-electron chi connectivity index (χ0n) is 12.9. The van der Waals surface area contributed by atoms with Crippen LogP contribution in [0.2, 0.25) is 0 Å². The minimum absolute atomic E-state index is 0.196. The van der Waals surface area contributed by atoms with Gasteiger partial charge in [-0.25, -0.2) is 0 Å². The molecule has 0 fully saturated rings. The van der Waals surface area contributed by atoms with Crippen molar-refractivity contribution in [1.82, 2.24) is 0 Å². The Morgan fingerprint density at radius 3 is 2.57 bits per heavy atom. The molecule has 3 N–H and O–H groups in total. The number of carbonyl (C=O) groups is 2. The number of thiophene rings is 1. The summed E-state index contributed by atoms with van der Waals surface area (Å²) >= 11 is 1.33. The van der Waals surface area contributed by atoms with Gasteiger partial charge in [-0.05, 0) is 24.6 Å². The molecule has 7 heteroatoms. The van der Waals surface area contributed by atoms with Crippen LogP contribution in [0.15, 0.2) is 30.3 Å². The molecule has 0 unspecified atom stereocenters. The van der Waals surface area contributed by atoms with Gasteiger partial charge in [-0.2, -0.15) is 0 Å². The maximum atomic E-state index is 12.0. The average molecular weight is 334 g/mol. The number of benzene rings is 1. The van der Waals surface area contributed by atoms with Gasteiger partial charge >= 0.3 is 0 Å². The molecule has 0 aliphatic carbocycles. The predicted molar refractivity (Wildman–Crippen MR) is 89.3 cm³/mol. The summed E-state index contributed by atoms with van der Waals surface area (Å²) in [5.74, 6) is 0.0769. The molecule has 0 atom stereocenters. The standard InChI is InChI=1S/C16H18N2O4S/c1-3-10-8-11(15(17)20)16(23-10)18-14(19)9-22-13-7-5-4-6-12(13)21-2/h4-8H,3,9H2,1-2H3,(H2,17,20)(H,18,19). The Balaban J connectivity index is 2.02. The second-order valence-electron chi connectivity index (χ2n) is 4.66. The van der Waals surface area contributed by atoms with E-state index in [1.807, 2.05) is 13.0 Å². The van der Waals surface area contributed by atoms with E-state index in [9.17, 15) is 9.59 Å². The number of nitrogens with two attached hydrogens (primary N) is 1. The smallest absolute Gasteiger partial charge is 0.262 e. The van der Waals surface area contributed by atoms with Gasteiger partial charge in [-0.3, -0.25) is 9.59 Å². The van der Waals surface area contributed by atoms with Crippen LogP contribution in [0, 0.1) is 0 Å². The predicted octanol–water partition coefficient (Wildman–Crippen LogP) is 2.44. The van der Waals surface area contributed by atoms with Crippen LogP contribution in [-0.4, -0.2) is 25.5 Å². The van der Waals surface area contributed by atoms with Gasteiger partial charge < -0.3 is 20.5 Å². The minimum Gasteiger partial charge on any atom is -0.493 e. The van der Waals surface area contributed by atoms with Crippen LogP contribution in [0.1, 0.15) is 22.2 Å². The van der Waals surface area contributed by atoms with Crippen LogP contribution in [0.4, 0.5) is 5.00 Å². The van der Waals surface area contributed by atoms with E-state index in [4.69, 9.17) is 15.2 Å². The topological polar surface area (TPSA) is 90.7 Å². The Kier molecular flexibility index (Phi) is 5.59. The monoisotopic (exact) mass is 334 g/mol. The molecule has 1 aromatic carbocycles. The van der Waals surface area contributed by atoms with Gasteiger partial charge in [0.15, 0.2) is 18.1 Å². The molecule has 1 heterocycles. The second-order valence-corrected chi connectivity index (χ2v) is 5.80. The van der Waals surface area contributed by atoms with E-state index in [0.29, 0.717) is 22.1 Å². The summed E-state index contributed by atoms with van der Waals surface area (Å²) in [7, 11) is 1.53. The Morgan fingerprint density at radius 1 is 1.26 bits per heavy atom. The van der Waals surface area contributed by atoms with E-state index in [1.54, 1.807) is 24.3 Å². The Bertz CT molecular complexity index is 712. The van der Waals surface area contributed by atoms with Crippen LogP contribution < -0.4 is 20.5 Å². The number of amides is 2. The molecule has 0 aliphatic heterocycles. The van der Waals surface area contributed by atoms with Crippen molar-refractivity contribution < 1.29 is 19.1 Å². The third-order valence-corrected chi connectivity index (χ3v) is 4.27. The molecule has 6 nitrogen and oxygen atoms in total. The van der Waals surface area contributed by atoms with E-state index < -0.39 is 5.91 Å². The highest BCUT2D eigenvalue weighted by Gasteiger charge is 2.16. The van der Waals surface area contributed by atoms with Crippen molar-refractivity contribution in [2.45, 2.75) is 13.3 Å². The van der Waals surface area contributed by atoms with Gasteiger partial charge in [0.1, 0.15) is 5.00 Å². The molecule has 2 rings (SSSR count). The quantitative estimate of drug-likeness (QED) is 0.813. The zero-order valence-corrected chi connectivity index (χ0v) is 13.7. The van der Waals surface area contributed by atoms with Crippen molar-refractivity contribution in [3.8, 4) is 11.5 Å². The van der Waals surface area contributed by atoms with E-state index >= 15 is 0 Å². The number of para-hydroxylation sites is 2. The fourth-order valence-electron chi connectivity index (χ4n) is 1.94. The largest absolute Gasteiger partial charge is 0.493 e. The van der Waals surface area contributed by atoms with Crippen LogP contribution in [0.5, 0.6) is 11.5 Å². The molecular weight excluding hydrogens is 316 g/mol. The highest BCUT2D eigenvalue weighted by molar-refractivity contribution is 7.16. The third-order valence-electron chi connectivity index (χ3n) is 3.08. The van der Waals surface area contributed by atoms with Crippen molar-refractivity contribution >= 4 is 28.2 Å². The molecule has 122 valence electrons. The molecule has 0 bridgehead atoms. The van der Waals surface area contributed by atoms with E-state index in [0.717, 1.165) is 11.3 Å². The first-order valence-corrected chi connectivity index (χ1v) is 7.85. The van der Waals surface area contributed by atoms with E-state index in [1.165, 1.54) is 18.4 Å². The van der Waals surface area contributed by atoms with Crippen molar-refractivity contribution in [2.75, 3.05) is 19.0 Å². The van der Waals surface area contributed by atoms with Crippen LogP contribution >= 0.6 is 11.3 Å². The molecule has 23 heavy (non-hydrogen) atoms. The number of nitrogens with one attached hydrogen (secondary N) is 1. The summed E-state index contributed by atoms with van der Waals surface area (Å²) in [6, 6.07) is 8.74. The number of hydrogen-bond donors (Lipinski definition) is 2. The lowest BCUT2D eigenvalue weighted by atomic mass is 10.2. The lowest BCUT2D eigenvalue weighted by Gasteiger charge is -2.10. The molecule has 2 aromatic rings. The number of anilines is 1. The van der Waals surface area contributed by atoms with Gasteiger partial charge in [0.25, 0.3) is 11.8 Å². The van der Waals surface area contributed by atoms with Gasteiger partial charge in [-0.15, -0.1) is 11.3 Å². The fourth-order valence-corrected chi connectivity index (χ4v) is 2.95. The molecular formula is C16H18N2O4S. The lowest BCUT2D eigenvalue weighted by Crippen LogP contribution is -2.21. The van der Waals surface area contributed by atoms with Gasteiger partial charge in [0.05, 0.1) is 12.7 Å². The fraction of sp³-hybridized carbons (Fsp3) is 0.250. The summed E-state index contributed by atoms with van der Waals surface area (Å²) < 4.78 is 10.6. The van der Waals surface area contributed by atoms with E-state index in [2.05, 4.69) is 5.32 Å². The number of primary amides is 1. The molecule has 0 saturated carbocycles. The summed E-state index contributed by atoms with van der Waals surface area (Å²) in [4.78, 5) is 24.4. The summed E-state index contributed by atoms with van der Waals surface area (Å²) in [5, 5.41) is 3.11. The van der Waals surface area contributed by atoms with Crippen molar-refractivity contribution in [3.63, 3.8) is 0 Å². The summed E-state index contributed by atoms with van der Waals surface area (Å²) in [6.45, 7) is 1.77. The minimum atomic E-state index is -0.568. The highest BCUT2D eigenvalue weighted by Crippen LogP contribution is 2.29. The average Bonchev–Trinajstić information content (AvgIpc) is 2.96. The number of methoxy groups -OCH3 is 1. The maximum Gasteiger partial charge on any atom is 0.262 e. The number of ether oxygens (including phenoxy) is 2. The van der Waals surface area contributed by atoms with Crippen LogP contribution in [0.3, 0.4) is 0 Å². The van der Waals surface area contributed by atoms with Gasteiger partial charge in [0.2, 0.25) is 0 Å². The normalized spacial score (nSPS) is 10.2. The Hall–Kier alpha value is -2.54. The first-order chi connectivity index (χ1) is 11.0. The maximum absolute atomic E-state index is 12.0. The zero-order chi connectivity index (χ0) is 16.8. The van der Waals surface area contributed by atoms with Gasteiger partial charge in [-0.1, -0.05) is 19.1 Å². The third kappa shape index (κ3) is 4.23. The lowest BCUT2D eigenvalue weighted by molar-refractivity contribution is -0.118. The Morgan fingerprint density at radius 2 is 1.96 bits per heavy atom. The molecule has 0 spiro atoms. The number of hydrogen-bond acceptors (Lipinski definition) is 5. The van der Waals surface area contributed by atoms with Crippen LogP contribution in [-0.2, 0) is 11.2 Å². The molecule has 0 radical (unpaired) electrons. The second kappa shape index (κ2) is 7.64. The van der Waals surface area contributed by atoms with Crippen molar-refractivity contribution in [2.24, 2.45) is 5.73 Å². The molecule has 0 saturated heterocycles. The Labute approximate surface area is 138 Å². The highest BCUT2D eigenvalue weighted by atomic mass is 32.1. The summed E-state index contributed by atoms with van der Waals surface area (Å²) in [6.07, 6.45) is 0.762. The molecule has 2 amide bonds. The first-order valence-electron chi connectivity index (χ1n) is 7.03. The number of carbonyl (C=O) groups excluding carboxylic acids is 2.